The molecule has 1 saturated heterocycles. The van der Waals surface area contributed by atoms with E-state index in [1.54, 1.807) is 0 Å². The van der Waals surface area contributed by atoms with Gasteiger partial charge >= 0.3 is 0 Å². The van der Waals surface area contributed by atoms with Gasteiger partial charge in [-0.3, -0.25) is 4.90 Å². The van der Waals surface area contributed by atoms with E-state index >= 15 is 0 Å². The van der Waals surface area contributed by atoms with E-state index < -0.39 is 0 Å². The summed E-state index contributed by atoms with van der Waals surface area (Å²) in [6.45, 7) is 12.5. The first-order chi connectivity index (χ1) is 9.71. The molecule has 0 saturated carbocycles. The van der Waals surface area contributed by atoms with Crippen LogP contribution in [0.15, 0.2) is 22.7 Å². The lowest BCUT2D eigenvalue weighted by atomic mass is 9.98. The third-order valence-electron chi connectivity index (χ3n) is 3.65. The molecular weight excluding hydrogens is 328 g/mol. The summed E-state index contributed by atoms with van der Waals surface area (Å²) in [6.07, 6.45) is 0. The van der Waals surface area contributed by atoms with E-state index in [0.29, 0.717) is 0 Å². The fraction of sp³-hybridized carbons (Fsp3) is 0.647. The van der Waals surface area contributed by atoms with Gasteiger partial charge in [0.15, 0.2) is 0 Å². The molecule has 0 bridgehead atoms. The first-order valence-electron chi connectivity index (χ1n) is 7.55. The maximum absolute atomic E-state index is 6.15. The molecule has 1 fully saturated rings. The molecule has 3 nitrogen and oxygen atoms in total. The van der Waals surface area contributed by atoms with Crippen molar-refractivity contribution < 1.29 is 4.74 Å². The number of benzene rings is 1. The van der Waals surface area contributed by atoms with Crippen LogP contribution in [0.2, 0.25) is 0 Å². The van der Waals surface area contributed by atoms with Crippen molar-refractivity contribution in [3.8, 4) is 0 Å². The number of hydrogen-bond acceptors (Lipinski definition) is 3. The van der Waals surface area contributed by atoms with Crippen molar-refractivity contribution in [2.24, 2.45) is 0 Å². The molecule has 1 heterocycles. The summed E-state index contributed by atoms with van der Waals surface area (Å²) in [5.41, 5.74) is 2.44. The highest BCUT2D eigenvalue weighted by Gasteiger charge is 2.37. The van der Waals surface area contributed by atoms with Gasteiger partial charge in [0.1, 0.15) is 0 Å². The Labute approximate surface area is 137 Å². The average Bonchev–Trinajstić information content (AvgIpc) is 2.29. The van der Waals surface area contributed by atoms with Crippen molar-refractivity contribution in [2.75, 3.05) is 20.1 Å². The van der Waals surface area contributed by atoms with Crippen LogP contribution in [0.4, 0.5) is 0 Å². The Bertz CT molecular complexity index is 484. The summed E-state index contributed by atoms with van der Waals surface area (Å²) in [5, 5.41) is 3.19. The molecule has 1 aromatic rings. The molecule has 1 aliphatic heterocycles. The fourth-order valence-electron chi connectivity index (χ4n) is 3.33. The first kappa shape index (κ1) is 16.9. The van der Waals surface area contributed by atoms with E-state index in [4.69, 9.17) is 4.74 Å². The first-order valence-corrected chi connectivity index (χ1v) is 8.34. The molecule has 0 aromatic heterocycles. The lowest BCUT2D eigenvalue weighted by molar-refractivity contribution is -0.182. The molecule has 21 heavy (non-hydrogen) atoms. The van der Waals surface area contributed by atoms with Crippen LogP contribution < -0.4 is 5.32 Å². The Morgan fingerprint density at radius 3 is 2.33 bits per heavy atom. The summed E-state index contributed by atoms with van der Waals surface area (Å²) >= 11 is 3.72. The van der Waals surface area contributed by atoms with Gasteiger partial charge in [-0.05, 0) is 51.9 Å². The van der Waals surface area contributed by atoms with Crippen LogP contribution in [0, 0.1) is 0 Å². The topological polar surface area (TPSA) is 24.5 Å². The summed E-state index contributed by atoms with van der Waals surface area (Å²) in [6, 6.07) is 6.64. The maximum Gasteiger partial charge on any atom is 0.0760 e. The molecule has 0 aliphatic carbocycles. The third kappa shape index (κ3) is 4.78. The SMILES string of the molecule is CNCc1ccc(CN2CC(C)(C)OC(C)(C)C2)c(Br)c1. The Kier molecular flexibility index (Phi) is 5.14. The molecule has 0 radical (unpaired) electrons. The van der Waals surface area contributed by atoms with Crippen LogP contribution in [-0.2, 0) is 17.8 Å². The number of morpholine rings is 1. The summed E-state index contributed by atoms with van der Waals surface area (Å²) in [7, 11) is 1.97. The second-order valence-corrected chi connectivity index (χ2v) is 8.08. The minimum absolute atomic E-state index is 0.0969. The van der Waals surface area contributed by atoms with Gasteiger partial charge in [-0.1, -0.05) is 28.1 Å². The minimum atomic E-state index is -0.0969. The number of nitrogens with one attached hydrogen (secondary N) is 1. The Balaban J connectivity index is 2.10. The lowest BCUT2D eigenvalue weighted by Gasteiger charge is -2.47. The maximum atomic E-state index is 6.15. The predicted molar refractivity (Wildman–Crippen MR) is 91.4 cm³/mol. The van der Waals surface area contributed by atoms with Gasteiger partial charge in [-0.25, -0.2) is 0 Å². The summed E-state index contributed by atoms with van der Waals surface area (Å²) in [4.78, 5) is 2.49. The van der Waals surface area contributed by atoms with Crippen LogP contribution in [0.5, 0.6) is 0 Å². The van der Waals surface area contributed by atoms with Crippen molar-refractivity contribution in [2.45, 2.75) is 52.0 Å². The van der Waals surface area contributed by atoms with E-state index in [2.05, 4.69) is 72.0 Å². The predicted octanol–water partition coefficient (Wildman–Crippen LogP) is 3.56. The van der Waals surface area contributed by atoms with Crippen molar-refractivity contribution in [3.05, 3.63) is 33.8 Å². The molecule has 4 heteroatoms. The lowest BCUT2D eigenvalue weighted by Crippen LogP contribution is -2.56. The van der Waals surface area contributed by atoms with Crippen LogP contribution in [0.3, 0.4) is 0 Å². The molecule has 2 rings (SSSR count). The van der Waals surface area contributed by atoms with Gasteiger partial charge in [0.25, 0.3) is 0 Å². The molecule has 1 aromatic carbocycles. The van der Waals surface area contributed by atoms with Crippen LogP contribution >= 0.6 is 15.9 Å². The smallest absolute Gasteiger partial charge is 0.0760 e. The number of hydrogen-bond donors (Lipinski definition) is 1. The van der Waals surface area contributed by atoms with Gasteiger partial charge < -0.3 is 10.1 Å². The van der Waals surface area contributed by atoms with Gasteiger partial charge in [-0.2, -0.15) is 0 Å². The Morgan fingerprint density at radius 1 is 1.19 bits per heavy atom. The largest absolute Gasteiger partial charge is 0.367 e. The van der Waals surface area contributed by atoms with Crippen molar-refractivity contribution in [1.29, 1.82) is 0 Å². The zero-order valence-corrected chi connectivity index (χ0v) is 15.4. The minimum Gasteiger partial charge on any atom is -0.367 e. The molecular formula is C17H27BrN2O. The second-order valence-electron chi connectivity index (χ2n) is 7.22. The van der Waals surface area contributed by atoms with Gasteiger partial charge in [0, 0.05) is 30.7 Å². The highest BCUT2D eigenvalue weighted by molar-refractivity contribution is 9.10. The van der Waals surface area contributed by atoms with E-state index in [1.165, 1.54) is 15.6 Å². The normalized spacial score (nSPS) is 21.4. The fourth-order valence-corrected chi connectivity index (χ4v) is 3.88. The third-order valence-corrected chi connectivity index (χ3v) is 4.39. The van der Waals surface area contributed by atoms with E-state index in [9.17, 15) is 0 Å². The van der Waals surface area contributed by atoms with Gasteiger partial charge in [0.2, 0.25) is 0 Å². The van der Waals surface area contributed by atoms with Crippen LogP contribution in [0.1, 0.15) is 38.8 Å². The molecule has 1 N–H and O–H groups in total. The molecule has 0 amide bonds. The summed E-state index contributed by atoms with van der Waals surface area (Å²) < 4.78 is 7.34. The van der Waals surface area contributed by atoms with Crippen molar-refractivity contribution in [1.82, 2.24) is 10.2 Å². The van der Waals surface area contributed by atoms with Gasteiger partial charge in [-0.15, -0.1) is 0 Å². The van der Waals surface area contributed by atoms with Crippen LogP contribution in [-0.4, -0.2) is 36.2 Å². The number of halogens is 1. The zero-order valence-electron chi connectivity index (χ0n) is 13.8. The molecule has 0 atom stereocenters. The number of rotatable bonds is 4. The molecule has 118 valence electrons. The van der Waals surface area contributed by atoms with E-state index in [-0.39, 0.29) is 11.2 Å². The van der Waals surface area contributed by atoms with Gasteiger partial charge in [0.05, 0.1) is 11.2 Å². The Hall–Kier alpha value is -0.420. The standard InChI is InChI=1S/C17H27BrN2O/c1-16(2)11-20(12-17(3,4)21-16)10-14-7-6-13(9-19-5)8-15(14)18/h6-8,19H,9-12H2,1-5H3. The number of ether oxygens (including phenoxy) is 1. The highest BCUT2D eigenvalue weighted by Crippen LogP contribution is 2.30. The average molecular weight is 355 g/mol. The molecule has 0 spiro atoms. The van der Waals surface area contributed by atoms with E-state index in [0.717, 1.165) is 26.2 Å². The van der Waals surface area contributed by atoms with Crippen LogP contribution in [0.25, 0.3) is 0 Å². The van der Waals surface area contributed by atoms with Crippen molar-refractivity contribution in [3.63, 3.8) is 0 Å². The van der Waals surface area contributed by atoms with Crippen molar-refractivity contribution >= 4 is 15.9 Å². The second kappa shape index (κ2) is 6.37. The Morgan fingerprint density at radius 2 is 1.81 bits per heavy atom. The highest BCUT2D eigenvalue weighted by atomic mass is 79.9. The molecule has 0 unspecified atom stereocenters. The monoisotopic (exact) mass is 354 g/mol. The number of nitrogens with zero attached hydrogens (tertiary/aromatic N) is 1. The quantitative estimate of drug-likeness (QED) is 0.894. The van der Waals surface area contributed by atoms with E-state index in [1.807, 2.05) is 7.05 Å². The summed E-state index contributed by atoms with van der Waals surface area (Å²) in [5.74, 6) is 0. The zero-order chi connectivity index (χ0) is 15.7. The molecule has 1 aliphatic rings.